The van der Waals surface area contributed by atoms with Gasteiger partial charge in [0.1, 0.15) is 5.01 Å². The third-order valence-electron chi connectivity index (χ3n) is 2.64. The third kappa shape index (κ3) is 4.55. The van der Waals surface area contributed by atoms with E-state index < -0.39 is 5.54 Å². The van der Waals surface area contributed by atoms with Gasteiger partial charge in [-0.2, -0.15) is 0 Å². The SMILES string of the molecule is CCCC(C)(N)C(=O)NC(C)c1nc(C)cs1.Cl. The highest BCUT2D eigenvalue weighted by Gasteiger charge is 2.28. The van der Waals surface area contributed by atoms with Crippen molar-refractivity contribution in [2.24, 2.45) is 5.73 Å². The van der Waals surface area contributed by atoms with Crippen LogP contribution in [0.5, 0.6) is 0 Å². The van der Waals surface area contributed by atoms with Crippen molar-refractivity contribution in [2.45, 2.75) is 52.1 Å². The standard InChI is InChI=1S/C12H21N3OS.ClH/c1-5-6-12(4,13)11(16)15-9(3)10-14-8(2)7-17-10;/h7,9H,5-6,13H2,1-4H3,(H,15,16);1H. The van der Waals surface area contributed by atoms with Crippen LogP contribution in [-0.2, 0) is 4.79 Å². The number of nitrogens with two attached hydrogens (primary N) is 1. The first kappa shape index (κ1) is 17.4. The lowest BCUT2D eigenvalue weighted by Crippen LogP contribution is -2.52. The van der Waals surface area contributed by atoms with Crippen molar-refractivity contribution in [3.05, 3.63) is 16.1 Å². The van der Waals surface area contributed by atoms with Gasteiger partial charge in [0.25, 0.3) is 0 Å². The summed E-state index contributed by atoms with van der Waals surface area (Å²) in [5, 5.41) is 5.82. The molecule has 0 aromatic carbocycles. The molecule has 104 valence electrons. The highest BCUT2D eigenvalue weighted by atomic mass is 35.5. The van der Waals surface area contributed by atoms with Crippen LogP contribution in [0.3, 0.4) is 0 Å². The predicted octanol–water partition coefficient (Wildman–Crippen LogP) is 2.57. The van der Waals surface area contributed by atoms with Crippen LogP contribution in [0, 0.1) is 6.92 Å². The number of carbonyl (C=O) groups is 1. The maximum absolute atomic E-state index is 12.0. The van der Waals surface area contributed by atoms with Crippen LogP contribution < -0.4 is 11.1 Å². The Kier molecular flexibility index (Phi) is 6.81. The van der Waals surface area contributed by atoms with Crippen LogP contribution in [-0.4, -0.2) is 16.4 Å². The molecule has 2 unspecified atom stereocenters. The third-order valence-corrected chi connectivity index (χ3v) is 3.79. The summed E-state index contributed by atoms with van der Waals surface area (Å²) in [7, 11) is 0. The molecule has 1 amide bonds. The van der Waals surface area contributed by atoms with Gasteiger partial charge in [0, 0.05) is 11.1 Å². The number of hydrogen-bond donors (Lipinski definition) is 2. The average Bonchev–Trinajstić information content (AvgIpc) is 2.64. The topological polar surface area (TPSA) is 68.0 Å². The van der Waals surface area contributed by atoms with Gasteiger partial charge < -0.3 is 11.1 Å². The first-order valence-corrected chi connectivity index (χ1v) is 6.76. The van der Waals surface area contributed by atoms with Crippen molar-refractivity contribution in [3.8, 4) is 0 Å². The van der Waals surface area contributed by atoms with Crippen molar-refractivity contribution in [1.82, 2.24) is 10.3 Å². The van der Waals surface area contributed by atoms with Gasteiger partial charge >= 0.3 is 0 Å². The Balaban J connectivity index is 0.00000289. The molecular formula is C12H22ClN3OS. The molecule has 1 aromatic rings. The van der Waals surface area contributed by atoms with Crippen LogP contribution in [0.1, 0.15) is 50.4 Å². The van der Waals surface area contributed by atoms with Crippen molar-refractivity contribution in [2.75, 3.05) is 0 Å². The van der Waals surface area contributed by atoms with Gasteiger partial charge in [-0.1, -0.05) is 13.3 Å². The van der Waals surface area contributed by atoms with Crippen LogP contribution in [0.4, 0.5) is 0 Å². The molecule has 3 N–H and O–H groups in total. The van der Waals surface area contributed by atoms with Crippen LogP contribution in [0.15, 0.2) is 5.38 Å². The van der Waals surface area contributed by atoms with E-state index in [1.165, 1.54) is 0 Å². The minimum atomic E-state index is -0.796. The Morgan fingerprint density at radius 3 is 2.72 bits per heavy atom. The highest BCUT2D eigenvalue weighted by molar-refractivity contribution is 7.09. The van der Waals surface area contributed by atoms with E-state index in [0.29, 0.717) is 6.42 Å². The number of aromatic nitrogens is 1. The Morgan fingerprint density at radius 2 is 2.28 bits per heavy atom. The number of halogens is 1. The van der Waals surface area contributed by atoms with E-state index in [-0.39, 0.29) is 24.4 Å². The largest absolute Gasteiger partial charge is 0.346 e. The smallest absolute Gasteiger partial charge is 0.240 e. The number of aryl methyl sites for hydroxylation is 1. The van der Waals surface area contributed by atoms with Crippen molar-refractivity contribution < 1.29 is 4.79 Å². The minimum Gasteiger partial charge on any atom is -0.346 e. The quantitative estimate of drug-likeness (QED) is 0.876. The fraction of sp³-hybridized carbons (Fsp3) is 0.667. The molecule has 0 aliphatic heterocycles. The first-order valence-electron chi connectivity index (χ1n) is 5.88. The second kappa shape index (κ2) is 7.07. The van der Waals surface area contributed by atoms with Gasteiger partial charge in [-0.25, -0.2) is 4.98 Å². The van der Waals surface area contributed by atoms with E-state index in [9.17, 15) is 4.79 Å². The molecule has 0 aliphatic carbocycles. The van der Waals surface area contributed by atoms with Gasteiger partial charge in [-0.05, 0) is 27.2 Å². The molecule has 2 atom stereocenters. The number of rotatable bonds is 5. The molecule has 1 rings (SSSR count). The van der Waals surface area contributed by atoms with E-state index in [1.54, 1.807) is 18.3 Å². The van der Waals surface area contributed by atoms with Gasteiger partial charge in [-0.15, -0.1) is 23.7 Å². The van der Waals surface area contributed by atoms with E-state index in [4.69, 9.17) is 5.73 Å². The van der Waals surface area contributed by atoms with E-state index in [0.717, 1.165) is 17.1 Å². The molecular weight excluding hydrogens is 270 g/mol. The zero-order valence-corrected chi connectivity index (χ0v) is 13.0. The number of carbonyl (C=O) groups excluding carboxylic acids is 1. The normalized spacial score (nSPS) is 15.4. The van der Waals surface area contributed by atoms with E-state index >= 15 is 0 Å². The van der Waals surface area contributed by atoms with Crippen LogP contribution >= 0.6 is 23.7 Å². The molecule has 0 saturated carbocycles. The monoisotopic (exact) mass is 291 g/mol. The van der Waals surface area contributed by atoms with Gasteiger partial charge in [-0.3, -0.25) is 4.79 Å². The fourth-order valence-electron chi connectivity index (χ4n) is 1.63. The van der Waals surface area contributed by atoms with Crippen LogP contribution in [0.25, 0.3) is 0 Å². The predicted molar refractivity (Wildman–Crippen MR) is 78.2 cm³/mol. The maximum atomic E-state index is 12.0. The summed E-state index contributed by atoms with van der Waals surface area (Å²) in [6, 6.07) is -0.0825. The first-order chi connectivity index (χ1) is 7.86. The maximum Gasteiger partial charge on any atom is 0.240 e. The second-order valence-corrected chi connectivity index (χ2v) is 5.58. The molecule has 4 nitrogen and oxygen atoms in total. The number of thiazole rings is 1. The molecule has 1 aromatic heterocycles. The Bertz CT molecular complexity index is 392. The molecule has 0 bridgehead atoms. The number of hydrogen-bond acceptors (Lipinski definition) is 4. The van der Waals surface area contributed by atoms with E-state index in [2.05, 4.69) is 10.3 Å². The molecule has 1 heterocycles. The minimum absolute atomic E-state index is 0. The average molecular weight is 292 g/mol. The van der Waals surface area contributed by atoms with Crippen molar-refractivity contribution >= 4 is 29.7 Å². The zero-order chi connectivity index (χ0) is 13.1. The number of nitrogens with zero attached hydrogens (tertiary/aromatic N) is 1. The van der Waals surface area contributed by atoms with Crippen LogP contribution in [0.2, 0.25) is 0 Å². The highest BCUT2D eigenvalue weighted by Crippen LogP contribution is 2.18. The molecule has 0 spiro atoms. The Labute approximate surface area is 119 Å². The van der Waals surface area contributed by atoms with E-state index in [1.807, 2.05) is 26.2 Å². The zero-order valence-electron chi connectivity index (χ0n) is 11.3. The second-order valence-electron chi connectivity index (χ2n) is 4.69. The Morgan fingerprint density at radius 1 is 1.67 bits per heavy atom. The summed E-state index contributed by atoms with van der Waals surface area (Å²) in [5.74, 6) is -0.111. The molecule has 6 heteroatoms. The van der Waals surface area contributed by atoms with Crippen molar-refractivity contribution in [1.29, 1.82) is 0 Å². The summed E-state index contributed by atoms with van der Waals surface area (Å²) < 4.78 is 0. The molecule has 0 fully saturated rings. The molecule has 0 radical (unpaired) electrons. The van der Waals surface area contributed by atoms with Gasteiger partial charge in [0.2, 0.25) is 5.91 Å². The molecule has 18 heavy (non-hydrogen) atoms. The molecule has 0 saturated heterocycles. The lowest BCUT2D eigenvalue weighted by atomic mass is 9.96. The Hall–Kier alpha value is -0.650. The van der Waals surface area contributed by atoms with Crippen molar-refractivity contribution in [3.63, 3.8) is 0 Å². The lowest BCUT2D eigenvalue weighted by molar-refractivity contribution is -0.126. The lowest BCUT2D eigenvalue weighted by Gasteiger charge is -2.24. The summed E-state index contributed by atoms with van der Waals surface area (Å²) in [4.78, 5) is 16.3. The number of amides is 1. The summed E-state index contributed by atoms with van der Waals surface area (Å²) >= 11 is 1.56. The van der Waals surface area contributed by atoms with Gasteiger partial charge in [0.05, 0.1) is 11.6 Å². The summed E-state index contributed by atoms with van der Waals surface area (Å²) in [6.07, 6.45) is 1.58. The van der Waals surface area contributed by atoms with Gasteiger partial charge in [0.15, 0.2) is 0 Å². The summed E-state index contributed by atoms with van der Waals surface area (Å²) in [5.41, 5.74) is 6.16. The summed E-state index contributed by atoms with van der Waals surface area (Å²) in [6.45, 7) is 7.66. The fourth-order valence-corrected chi connectivity index (χ4v) is 2.43. The molecule has 0 aliphatic rings. The number of nitrogens with one attached hydrogen (secondary N) is 1.